The van der Waals surface area contributed by atoms with Crippen LogP contribution in [0, 0.1) is 0 Å². The minimum atomic E-state index is -0.861. The van der Waals surface area contributed by atoms with Crippen molar-refractivity contribution in [2.75, 3.05) is 18.5 Å². The molecule has 0 aliphatic carbocycles. The summed E-state index contributed by atoms with van der Waals surface area (Å²) in [6.07, 6.45) is 1.05. The van der Waals surface area contributed by atoms with Crippen LogP contribution in [0.4, 0.5) is 5.69 Å². The van der Waals surface area contributed by atoms with Gasteiger partial charge >= 0.3 is 0 Å². The molecule has 0 aromatic heterocycles. The Kier molecular flexibility index (Phi) is 7.86. The zero-order chi connectivity index (χ0) is 17.7. The molecule has 1 aromatic carbocycles. The Hall–Kier alpha value is -1.63. The molecule has 0 radical (unpaired) electrons. The molecule has 0 bridgehead atoms. The van der Waals surface area contributed by atoms with Gasteiger partial charge in [0, 0.05) is 38.4 Å². The molecular formula is C18H28ClN3O3. The van der Waals surface area contributed by atoms with Crippen LogP contribution in [-0.4, -0.2) is 41.5 Å². The Labute approximate surface area is 155 Å². The Morgan fingerprint density at radius 1 is 1.24 bits per heavy atom. The van der Waals surface area contributed by atoms with Crippen molar-refractivity contribution in [3.8, 4) is 0 Å². The number of benzene rings is 1. The highest BCUT2D eigenvalue weighted by atomic mass is 35.5. The lowest BCUT2D eigenvalue weighted by Gasteiger charge is -2.31. The number of amides is 2. The molecule has 2 rings (SSSR count). The van der Waals surface area contributed by atoms with E-state index in [-0.39, 0.29) is 30.3 Å². The van der Waals surface area contributed by atoms with Crippen molar-refractivity contribution in [2.24, 2.45) is 5.73 Å². The van der Waals surface area contributed by atoms with Crippen LogP contribution < -0.4 is 11.1 Å². The van der Waals surface area contributed by atoms with Gasteiger partial charge in [0.1, 0.15) is 5.54 Å². The van der Waals surface area contributed by atoms with Gasteiger partial charge in [0.25, 0.3) is 0 Å². The fraction of sp³-hybridized carbons (Fsp3) is 0.556. The third kappa shape index (κ3) is 5.70. The number of halogens is 1. The van der Waals surface area contributed by atoms with Crippen LogP contribution in [0.25, 0.3) is 0 Å². The van der Waals surface area contributed by atoms with E-state index in [2.05, 4.69) is 5.32 Å². The molecule has 0 saturated carbocycles. The first-order chi connectivity index (χ1) is 11.3. The van der Waals surface area contributed by atoms with E-state index < -0.39 is 5.54 Å². The number of ether oxygens (including phenoxy) is 1. The van der Waals surface area contributed by atoms with Crippen molar-refractivity contribution in [3.05, 3.63) is 29.8 Å². The molecule has 1 aromatic rings. The number of nitrogens with two attached hydrogens (primary N) is 1. The molecule has 1 aliphatic heterocycles. The molecule has 6 nitrogen and oxygen atoms in total. The van der Waals surface area contributed by atoms with E-state index in [1.54, 1.807) is 11.8 Å². The summed E-state index contributed by atoms with van der Waals surface area (Å²) in [5, 5.41) is 2.88. The number of hydrogen-bond donors (Lipinski definition) is 2. The van der Waals surface area contributed by atoms with Crippen LogP contribution in [0.15, 0.2) is 24.3 Å². The number of carbonyl (C=O) groups excluding carboxylic acids is 2. The summed E-state index contributed by atoms with van der Waals surface area (Å²) < 4.78 is 5.26. The average Bonchev–Trinajstić information content (AvgIpc) is 2.54. The maximum Gasteiger partial charge on any atom is 0.244 e. The largest absolute Gasteiger partial charge is 0.381 e. The van der Waals surface area contributed by atoms with Crippen LogP contribution in [0.1, 0.15) is 39.2 Å². The molecule has 0 unspecified atom stereocenters. The van der Waals surface area contributed by atoms with E-state index in [1.807, 2.05) is 38.1 Å². The minimum absolute atomic E-state index is 0. The highest BCUT2D eigenvalue weighted by molar-refractivity contribution is 5.98. The van der Waals surface area contributed by atoms with E-state index in [1.165, 1.54) is 0 Å². The highest BCUT2D eigenvalue weighted by Crippen LogP contribution is 2.21. The molecular weight excluding hydrogens is 342 g/mol. The van der Waals surface area contributed by atoms with Crippen molar-refractivity contribution >= 4 is 29.9 Å². The standard InChI is InChI=1S/C18H27N3O3.ClH/c1-13(2)21(14(3)22)12-15-4-6-16(7-5-15)20-17(23)18(19)8-10-24-11-9-18;/h4-7,13H,8-12,19H2,1-3H3,(H,20,23);1H. The number of carbonyl (C=O) groups is 2. The van der Waals surface area contributed by atoms with Crippen molar-refractivity contribution in [2.45, 2.75) is 51.7 Å². The summed E-state index contributed by atoms with van der Waals surface area (Å²) >= 11 is 0. The van der Waals surface area contributed by atoms with Gasteiger partial charge in [-0.05, 0) is 44.4 Å². The van der Waals surface area contributed by atoms with Gasteiger partial charge in [0.05, 0.1) is 0 Å². The number of nitrogens with zero attached hydrogens (tertiary/aromatic N) is 1. The first-order valence-electron chi connectivity index (χ1n) is 8.36. The summed E-state index contributed by atoms with van der Waals surface area (Å²) in [6, 6.07) is 7.67. The summed E-state index contributed by atoms with van der Waals surface area (Å²) in [5.41, 5.74) is 7.04. The summed E-state index contributed by atoms with van der Waals surface area (Å²) in [4.78, 5) is 25.8. The van der Waals surface area contributed by atoms with E-state index in [0.717, 1.165) is 5.56 Å². The molecule has 140 valence electrons. The predicted molar refractivity (Wildman–Crippen MR) is 101 cm³/mol. The van der Waals surface area contributed by atoms with Crippen LogP contribution in [0.2, 0.25) is 0 Å². The third-order valence-electron chi connectivity index (χ3n) is 4.43. The summed E-state index contributed by atoms with van der Waals surface area (Å²) in [7, 11) is 0. The smallest absolute Gasteiger partial charge is 0.244 e. The molecule has 0 atom stereocenters. The molecule has 1 fully saturated rings. The normalized spacial score (nSPS) is 16.0. The van der Waals surface area contributed by atoms with Gasteiger partial charge in [0.15, 0.2) is 0 Å². The maximum atomic E-state index is 12.4. The van der Waals surface area contributed by atoms with Gasteiger partial charge in [-0.25, -0.2) is 0 Å². The highest BCUT2D eigenvalue weighted by Gasteiger charge is 2.35. The van der Waals surface area contributed by atoms with Crippen molar-refractivity contribution in [1.82, 2.24) is 4.90 Å². The Morgan fingerprint density at radius 2 is 1.80 bits per heavy atom. The van der Waals surface area contributed by atoms with Crippen LogP contribution in [-0.2, 0) is 20.9 Å². The Balaban J connectivity index is 0.00000312. The van der Waals surface area contributed by atoms with E-state index in [0.29, 0.717) is 38.3 Å². The molecule has 3 N–H and O–H groups in total. The molecule has 25 heavy (non-hydrogen) atoms. The number of nitrogens with one attached hydrogen (secondary N) is 1. The quantitative estimate of drug-likeness (QED) is 0.834. The lowest BCUT2D eigenvalue weighted by molar-refractivity contribution is -0.131. The van der Waals surface area contributed by atoms with Gasteiger partial charge in [-0.1, -0.05) is 12.1 Å². The van der Waals surface area contributed by atoms with Crippen molar-refractivity contribution < 1.29 is 14.3 Å². The van der Waals surface area contributed by atoms with E-state index in [4.69, 9.17) is 10.5 Å². The van der Waals surface area contributed by atoms with Gasteiger partial charge in [-0.3, -0.25) is 9.59 Å². The molecule has 2 amide bonds. The third-order valence-corrected chi connectivity index (χ3v) is 4.43. The van der Waals surface area contributed by atoms with E-state index in [9.17, 15) is 9.59 Å². The molecule has 1 saturated heterocycles. The topological polar surface area (TPSA) is 84.7 Å². The van der Waals surface area contributed by atoms with Gasteiger partial charge in [-0.2, -0.15) is 0 Å². The second-order valence-electron chi connectivity index (χ2n) is 6.66. The Morgan fingerprint density at radius 3 is 2.28 bits per heavy atom. The molecule has 7 heteroatoms. The average molecular weight is 370 g/mol. The summed E-state index contributed by atoms with van der Waals surface area (Å²) in [6.45, 7) is 7.13. The monoisotopic (exact) mass is 369 g/mol. The zero-order valence-electron chi connectivity index (χ0n) is 15.1. The number of hydrogen-bond acceptors (Lipinski definition) is 4. The molecule has 1 heterocycles. The van der Waals surface area contributed by atoms with Crippen molar-refractivity contribution in [3.63, 3.8) is 0 Å². The maximum absolute atomic E-state index is 12.4. The predicted octanol–water partition coefficient (Wildman–Crippen LogP) is 2.31. The van der Waals surface area contributed by atoms with E-state index >= 15 is 0 Å². The van der Waals surface area contributed by atoms with Gasteiger partial charge < -0.3 is 20.7 Å². The number of rotatable bonds is 5. The number of anilines is 1. The summed E-state index contributed by atoms with van der Waals surface area (Å²) in [5.74, 6) is -0.127. The lowest BCUT2D eigenvalue weighted by atomic mass is 9.90. The molecule has 0 spiro atoms. The second kappa shape index (κ2) is 9.17. The van der Waals surface area contributed by atoms with Gasteiger partial charge in [0.2, 0.25) is 11.8 Å². The molecule has 1 aliphatic rings. The first-order valence-corrected chi connectivity index (χ1v) is 8.36. The second-order valence-corrected chi connectivity index (χ2v) is 6.66. The Bertz CT molecular complexity index is 584. The fourth-order valence-corrected chi connectivity index (χ4v) is 2.77. The van der Waals surface area contributed by atoms with Crippen LogP contribution >= 0.6 is 12.4 Å². The fourth-order valence-electron chi connectivity index (χ4n) is 2.77. The van der Waals surface area contributed by atoms with Crippen LogP contribution in [0.5, 0.6) is 0 Å². The van der Waals surface area contributed by atoms with Crippen molar-refractivity contribution in [1.29, 1.82) is 0 Å². The van der Waals surface area contributed by atoms with Crippen LogP contribution in [0.3, 0.4) is 0 Å². The minimum Gasteiger partial charge on any atom is -0.381 e. The zero-order valence-corrected chi connectivity index (χ0v) is 15.9. The lowest BCUT2D eigenvalue weighted by Crippen LogP contribution is -2.54. The SMILES string of the molecule is CC(=O)N(Cc1ccc(NC(=O)C2(N)CCOCC2)cc1)C(C)C.Cl. The first kappa shape index (κ1) is 21.4. The van der Waals surface area contributed by atoms with Gasteiger partial charge in [-0.15, -0.1) is 12.4 Å².